The van der Waals surface area contributed by atoms with Crippen molar-refractivity contribution < 1.29 is 14.7 Å². The number of benzene rings is 2. The molecule has 5 nitrogen and oxygen atoms in total. The quantitative estimate of drug-likeness (QED) is 0.923. The van der Waals surface area contributed by atoms with Crippen LogP contribution in [0.15, 0.2) is 54.6 Å². The van der Waals surface area contributed by atoms with E-state index in [1.54, 1.807) is 40.1 Å². The zero-order valence-electron chi connectivity index (χ0n) is 12.7. The molecule has 0 bridgehead atoms. The number of rotatable bonds is 2. The van der Waals surface area contributed by atoms with Crippen LogP contribution in [-0.4, -0.2) is 52.9 Å². The van der Waals surface area contributed by atoms with E-state index in [9.17, 15) is 14.7 Å². The first kappa shape index (κ1) is 15.1. The third-order valence-corrected chi connectivity index (χ3v) is 4.01. The monoisotopic (exact) mass is 310 g/mol. The zero-order valence-corrected chi connectivity index (χ0v) is 12.7. The molecule has 1 saturated heterocycles. The fourth-order valence-electron chi connectivity index (χ4n) is 2.70. The van der Waals surface area contributed by atoms with Gasteiger partial charge in [0.05, 0.1) is 5.56 Å². The molecule has 0 spiro atoms. The van der Waals surface area contributed by atoms with Gasteiger partial charge in [-0.2, -0.15) is 0 Å². The van der Waals surface area contributed by atoms with Crippen LogP contribution in [0.5, 0.6) is 5.75 Å². The average molecular weight is 310 g/mol. The van der Waals surface area contributed by atoms with Crippen molar-refractivity contribution in [2.24, 2.45) is 0 Å². The molecule has 2 aromatic rings. The molecular formula is C18H18N2O3. The lowest BCUT2D eigenvalue weighted by Crippen LogP contribution is -2.50. The minimum Gasteiger partial charge on any atom is -0.507 e. The third-order valence-electron chi connectivity index (χ3n) is 4.01. The van der Waals surface area contributed by atoms with E-state index < -0.39 is 0 Å². The lowest BCUT2D eigenvalue weighted by molar-refractivity contribution is 0.0533. The van der Waals surface area contributed by atoms with Gasteiger partial charge in [-0.05, 0) is 24.3 Å². The Balaban J connectivity index is 1.64. The number of phenolic OH excluding ortho intramolecular Hbond substituents is 1. The Kier molecular flexibility index (Phi) is 4.28. The second kappa shape index (κ2) is 6.52. The summed E-state index contributed by atoms with van der Waals surface area (Å²) in [6.07, 6.45) is 0. The lowest BCUT2D eigenvalue weighted by atomic mass is 10.1. The first-order valence-corrected chi connectivity index (χ1v) is 7.58. The summed E-state index contributed by atoms with van der Waals surface area (Å²) in [7, 11) is 0. The summed E-state index contributed by atoms with van der Waals surface area (Å²) in [6.45, 7) is 1.91. The Morgan fingerprint density at radius 3 is 1.87 bits per heavy atom. The van der Waals surface area contributed by atoms with Crippen LogP contribution in [0.25, 0.3) is 0 Å². The Morgan fingerprint density at radius 2 is 1.26 bits per heavy atom. The molecule has 1 N–H and O–H groups in total. The molecule has 118 valence electrons. The third kappa shape index (κ3) is 3.18. The molecule has 0 radical (unpaired) electrons. The van der Waals surface area contributed by atoms with Crippen molar-refractivity contribution in [2.75, 3.05) is 26.2 Å². The maximum atomic E-state index is 12.4. The lowest BCUT2D eigenvalue weighted by Gasteiger charge is -2.35. The van der Waals surface area contributed by atoms with Crippen molar-refractivity contribution in [3.8, 4) is 5.75 Å². The minimum atomic E-state index is -0.199. The molecule has 2 amide bonds. The molecular weight excluding hydrogens is 292 g/mol. The van der Waals surface area contributed by atoms with Crippen molar-refractivity contribution in [3.05, 3.63) is 65.7 Å². The van der Waals surface area contributed by atoms with E-state index >= 15 is 0 Å². The van der Waals surface area contributed by atoms with Gasteiger partial charge in [0.1, 0.15) is 5.75 Å². The molecule has 3 rings (SSSR count). The molecule has 1 heterocycles. The maximum Gasteiger partial charge on any atom is 0.257 e. The number of hydrogen-bond acceptors (Lipinski definition) is 3. The van der Waals surface area contributed by atoms with Crippen LogP contribution in [0.1, 0.15) is 20.7 Å². The van der Waals surface area contributed by atoms with Gasteiger partial charge in [-0.25, -0.2) is 0 Å². The van der Waals surface area contributed by atoms with E-state index in [1.807, 2.05) is 18.2 Å². The molecule has 0 aliphatic carbocycles. The van der Waals surface area contributed by atoms with Gasteiger partial charge >= 0.3 is 0 Å². The summed E-state index contributed by atoms with van der Waals surface area (Å²) in [4.78, 5) is 28.2. The van der Waals surface area contributed by atoms with Gasteiger partial charge < -0.3 is 14.9 Å². The van der Waals surface area contributed by atoms with E-state index in [2.05, 4.69) is 0 Å². The summed E-state index contributed by atoms with van der Waals surface area (Å²) in [5.74, 6) is -0.226. The highest BCUT2D eigenvalue weighted by molar-refractivity contribution is 5.97. The average Bonchev–Trinajstić information content (AvgIpc) is 2.62. The Hall–Kier alpha value is -2.82. The number of piperazine rings is 1. The molecule has 23 heavy (non-hydrogen) atoms. The predicted octanol–water partition coefficient (Wildman–Crippen LogP) is 1.99. The fraction of sp³-hybridized carbons (Fsp3) is 0.222. The van der Waals surface area contributed by atoms with E-state index in [4.69, 9.17) is 0 Å². The number of carbonyl (C=O) groups excluding carboxylic acids is 2. The van der Waals surface area contributed by atoms with Crippen molar-refractivity contribution >= 4 is 11.8 Å². The number of phenols is 1. The number of hydrogen-bond donors (Lipinski definition) is 1. The summed E-state index contributed by atoms with van der Waals surface area (Å²) in [5, 5.41) is 9.79. The molecule has 1 aliphatic rings. The molecule has 0 aromatic heterocycles. The second-order valence-corrected chi connectivity index (χ2v) is 5.47. The van der Waals surface area contributed by atoms with Gasteiger partial charge in [0.15, 0.2) is 0 Å². The molecule has 0 saturated carbocycles. The van der Waals surface area contributed by atoms with Crippen molar-refractivity contribution in [1.82, 2.24) is 9.80 Å². The minimum absolute atomic E-state index is 0.0136. The first-order chi connectivity index (χ1) is 11.2. The van der Waals surface area contributed by atoms with E-state index in [1.165, 1.54) is 6.07 Å². The SMILES string of the molecule is O=C(c1ccccc1)N1CCN(C(=O)c2ccccc2O)CC1. The summed E-state index contributed by atoms with van der Waals surface area (Å²) in [5.41, 5.74) is 0.961. The summed E-state index contributed by atoms with van der Waals surface area (Å²) in [6, 6.07) is 15.7. The zero-order chi connectivity index (χ0) is 16.2. The smallest absolute Gasteiger partial charge is 0.257 e. The van der Waals surface area contributed by atoms with Crippen molar-refractivity contribution in [2.45, 2.75) is 0 Å². The summed E-state index contributed by atoms with van der Waals surface area (Å²) < 4.78 is 0. The van der Waals surface area contributed by atoms with Gasteiger partial charge in [0.25, 0.3) is 11.8 Å². The fourth-order valence-corrected chi connectivity index (χ4v) is 2.70. The van der Waals surface area contributed by atoms with Crippen molar-refractivity contribution in [1.29, 1.82) is 0 Å². The van der Waals surface area contributed by atoms with Crippen molar-refractivity contribution in [3.63, 3.8) is 0 Å². The van der Waals surface area contributed by atoms with Gasteiger partial charge in [-0.1, -0.05) is 30.3 Å². The molecule has 2 aromatic carbocycles. The molecule has 0 atom stereocenters. The van der Waals surface area contributed by atoms with Crippen LogP contribution in [0.4, 0.5) is 0 Å². The highest BCUT2D eigenvalue weighted by Crippen LogP contribution is 2.19. The topological polar surface area (TPSA) is 60.9 Å². The van der Waals surface area contributed by atoms with Crippen LogP contribution in [-0.2, 0) is 0 Å². The van der Waals surface area contributed by atoms with E-state index in [-0.39, 0.29) is 17.6 Å². The maximum absolute atomic E-state index is 12.4. The normalized spacial score (nSPS) is 14.6. The molecule has 5 heteroatoms. The van der Waals surface area contributed by atoms with Crippen LogP contribution in [0, 0.1) is 0 Å². The van der Waals surface area contributed by atoms with Gasteiger partial charge in [0.2, 0.25) is 0 Å². The van der Waals surface area contributed by atoms with Crippen LogP contribution in [0.3, 0.4) is 0 Å². The van der Waals surface area contributed by atoms with Crippen LogP contribution < -0.4 is 0 Å². The standard InChI is InChI=1S/C18H18N2O3/c21-16-9-5-4-8-15(16)18(23)20-12-10-19(11-13-20)17(22)14-6-2-1-3-7-14/h1-9,21H,10-13H2. The Morgan fingerprint density at radius 1 is 0.739 bits per heavy atom. The number of nitrogens with zero attached hydrogens (tertiary/aromatic N) is 2. The first-order valence-electron chi connectivity index (χ1n) is 7.58. The Labute approximate surface area is 134 Å². The highest BCUT2D eigenvalue weighted by Gasteiger charge is 2.26. The largest absolute Gasteiger partial charge is 0.507 e. The number of carbonyl (C=O) groups is 2. The van der Waals surface area contributed by atoms with E-state index in [0.29, 0.717) is 37.3 Å². The molecule has 0 unspecified atom stereocenters. The Bertz CT molecular complexity index is 707. The number of para-hydroxylation sites is 1. The van der Waals surface area contributed by atoms with Gasteiger partial charge in [-0.3, -0.25) is 9.59 Å². The van der Waals surface area contributed by atoms with Gasteiger partial charge in [-0.15, -0.1) is 0 Å². The number of aromatic hydroxyl groups is 1. The predicted molar refractivity (Wildman–Crippen MR) is 86.4 cm³/mol. The highest BCUT2D eigenvalue weighted by atomic mass is 16.3. The summed E-state index contributed by atoms with van der Waals surface area (Å²) >= 11 is 0. The van der Waals surface area contributed by atoms with Gasteiger partial charge in [0, 0.05) is 31.7 Å². The van der Waals surface area contributed by atoms with Crippen LogP contribution >= 0.6 is 0 Å². The molecule has 1 fully saturated rings. The second-order valence-electron chi connectivity index (χ2n) is 5.47. The van der Waals surface area contributed by atoms with Crippen LogP contribution in [0.2, 0.25) is 0 Å². The molecule has 1 aliphatic heterocycles. The number of amides is 2. The van der Waals surface area contributed by atoms with E-state index in [0.717, 1.165) is 0 Å².